The average Bonchev–Trinajstić information content (AvgIpc) is 2.67. The molecule has 26 heavy (non-hydrogen) atoms. The van der Waals surface area contributed by atoms with Crippen LogP contribution < -0.4 is 0 Å². The molecule has 1 aromatic rings. The van der Waals surface area contributed by atoms with Crippen molar-refractivity contribution >= 4 is 5.91 Å². The van der Waals surface area contributed by atoms with Gasteiger partial charge in [-0.15, -0.1) is 0 Å². The van der Waals surface area contributed by atoms with E-state index in [4.69, 9.17) is 0 Å². The van der Waals surface area contributed by atoms with E-state index in [0.717, 1.165) is 24.8 Å². The van der Waals surface area contributed by atoms with Crippen LogP contribution in [0.1, 0.15) is 57.6 Å². The average molecular weight is 357 g/mol. The first-order valence-electron chi connectivity index (χ1n) is 10.5. The largest absolute Gasteiger partial charge is 0.342 e. The molecule has 142 valence electrons. The van der Waals surface area contributed by atoms with Crippen molar-refractivity contribution in [2.45, 2.75) is 70.4 Å². The molecule has 5 heteroatoms. The molecular weight excluding hydrogens is 324 g/mol. The summed E-state index contributed by atoms with van der Waals surface area (Å²) >= 11 is 0. The Morgan fingerprint density at radius 1 is 1.23 bits per heavy atom. The Bertz CT molecular complexity index is 605. The third-order valence-electron chi connectivity index (χ3n) is 6.70. The van der Waals surface area contributed by atoms with E-state index in [0.29, 0.717) is 36.6 Å². The minimum Gasteiger partial charge on any atom is -0.342 e. The van der Waals surface area contributed by atoms with Crippen LogP contribution >= 0.6 is 0 Å². The van der Waals surface area contributed by atoms with E-state index in [9.17, 15) is 4.79 Å². The van der Waals surface area contributed by atoms with Crippen LogP contribution in [0.3, 0.4) is 0 Å². The molecule has 0 radical (unpaired) electrons. The van der Waals surface area contributed by atoms with Gasteiger partial charge in [0.15, 0.2) is 0 Å². The van der Waals surface area contributed by atoms with Crippen LogP contribution in [0, 0.1) is 11.8 Å². The first kappa shape index (κ1) is 17.9. The summed E-state index contributed by atoms with van der Waals surface area (Å²) in [6.07, 6.45) is 14.5. The highest BCUT2D eigenvalue weighted by Crippen LogP contribution is 2.40. The molecule has 1 aromatic heterocycles. The number of piperidine rings is 3. The SMILES string of the molecule is CCC[C@H]1CCC[C@H]2[C@@H]3C[C@@H](CN(C(=O)CCc4cnccn4)C3)CN12. The molecule has 3 aliphatic heterocycles. The first-order valence-corrected chi connectivity index (χ1v) is 10.5. The van der Waals surface area contributed by atoms with Crippen LogP contribution in [0.15, 0.2) is 18.6 Å². The molecule has 0 N–H and O–H groups in total. The zero-order valence-electron chi connectivity index (χ0n) is 16.0. The van der Waals surface area contributed by atoms with E-state index < -0.39 is 0 Å². The minimum absolute atomic E-state index is 0.305. The Kier molecular flexibility index (Phi) is 5.53. The third-order valence-corrected chi connectivity index (χ3v) is 6.70. The molecule has 3 aliphatic rings. The van der Waals surface area contributed by atoms with Gasteiger partial charge in [-0.2, -0.15) is 0 Å². The Morgan fingerprint density at radius 2 is 2.15 bits per heavy atom. The predicted molar refractivity (Wildman–Crippen MR) is 102 cm³/mol. The van der Waals surface area contributed by atoms with E-state index in [1.807, 2.05) is 0 Å². The molecule has 0 unspecified atom stereocenters. The molecule has 0 spiro atoms. The molecule has 4 atom stereocenters. The lowest BCUT2D eigenvalue weighted by Crippen LogP contribution is -2.62. The molecule has 4 rings (SSSR count). The van der Waals surface area contributed by atoms with Crippen molar-refractivity contribution in [3.8, 4) is 0 Å². The van der Waals surface area contributed by atoms with Crippen molar-refractivity contribution in [1.29, 1.82) is 0 Å². The van der Waals surface area contributed by atoms with E-state index in [-0.39, 0.29) is 0 Å². The Balaban J connectivity index is 1.37. The summed E-state index contributed by atoms with van der Waals surface area (Å²) in [6, 6.07) is 1.51. The summed E-state index contributed by atoms with van der Waals surface area (Å²) in [6.45, 7) is 5.44. The number of nitrogens with zero attached hydrogens (tertiary/aromatic N) is 4. The second kappa shape index (κ2) is 8.03. The summed E-state index contributed by atoms with van der Waals surface area (Å²) in [5.74, 6) is 1.66. The lowest BCUT2D eigenvalue weighted by atomic mass is 9.74. The number of carbonyl (C=O) groups is 1. The maximum atomic E-state index is 12.8. The molecule has 2 bridgehead atoms. The van der Waals surface area contributed by atoms with E-state index in [1.165, 1.54) is 45.1 Å². The molecular formula is C21H32N4O. The number of aromatic nitrogens is 2. The summed E-state index contributed by atoms with van der Waals surface area (Å²) in [5.41, 5.74) is 0.916. The van der Waals surface area contributed by atoms with Gasteiger partial charge in [0.1, 0.15) is 0 Å². The number of carbonyl (C=O) groups excluding carboxylic acids is 1. The molecule has 0 saturated carbocycles. The molecule has 5 nitrogen and oxygen atoms in total. The lowest BCUT2D eigenvalue weighted by Gasteiger charge is -2.55. The van der Waals surface area contributed by atoms with Gasteiger partial charge in [-0.05, 0) is 43.9 Å². The number of fused-ring (bicyclic) bond motifs is 4. The topological polar surface area (TPSA) is 49.3 Å². The van der Waals surface area contributed by atoms with Gasteiger partial charge in [0.05, 0.1) is 5.69 Å². The fourth-order valence-corrected chi connectivity index (χ4v) is 5.61. The number of amides is 1. The number of aryl methyl sites for hydroxylation is 1. The van der Waals surface area contributed by atoms with E-state index >= 15 is 0 Å². The summed E-state index contributed by atoms with van der Waals surface area (Å²) < 4.78 is 0. The quantitative estimate of drug-likeness (QED) is 0.814. The summed E-state index contributed by atoms with van der Waals surface area (Å²) in [5, 5.41) is 0. The molecule has 3 saturated heterocycles. The van der Waals surface area contributed by atoms with Gasteiger partial charge in [-0.1, -0.05) is 19.8 Å². The van der Waals surface area contributed by atoms with Crippen LogP contribution in [0.25, 0.3) is 0 Å². The first-order chi connectivity index (χ1) is 12.7. The fraction of sp³-hybridized carbons (Fsp3) is 0.762. The third kappa shape index (κ3) is 3.78. The Labute approximate surface area is 157 Å². The van der Waals surface area contributed by atoms with Crippen LogP contribution in [0.5, 0.6) is 0 Å². The standard InChI is InChI=1S/C21H32N4O/c1-2-4-19-5-3-6-20-17-11-16(14-25(19)20)13-24(15-17)21(26)8-7-18-12-22-9-10-23-18/h9-10,12,16-17,19-20H,2-8,11,13-15H2,1H3/t16-,17+,19-,20-/m0/s1. The van der Waals surface area contributed by atoms with Crippen LogP contribution in [-0.4, -0.2) is 57.4 Å². The number of hydrogen-bond acceptors (Lipinski definition) is 4. The van der Waals surface area contributed by atoms with Gasteiger partial charge >= 0.3 is 0 Å². The monoisotopic (exact) mass is 356 g/mol. The van der Waals surface area contributed by atoms with E-state index in [2.05, 4.69) is 26.7 Å². The maximum absolute atomic E-state index is 12.8. The Hall–Kier alpha value is -1.49. The van der Waals surface area contributed by atoms with Crippen molar-refractivity contribution in [2.24, 2.45) is 11.8 Å². The van der Waals surface area contributed by atoms with Crippen molar-refractivity contribution in [1.82, 2.24) is 19.8 Å². The zero-order chi connectivity index (χ0) is 17.9. The zero-order valence-corrected chi connectivity index (χ0v) is 16.0. The van der Waals surface area contributed by atoms with Gasteiger partial charge in [-0.25, -0.2) is 0 Å². The lowest BCUT2D eigenvalue weighted by molar-refractivity contribution is -0.139. The number of likely N-dealkylation sites (tertiary alicyclic amines) is 1. The normalized spacial score (nSPS) is 31.5. The van der Waals surface area contributed by atoms with Crippen molar-refractivity contribution in [3.63, 3.8) is 0 Å². The van der Waals surface area contributed by atoms with Crippen LogP contribution in [0.4, 0.5) is 0 Å². The van der Waals surface area contributed by atoms with Crippen LogP contribution in [0.2, 0.25) is 0 Å². The molecule has 0 aromatic carbocycles. The predicted octanol–water partition coefficient (Wildman–Crippen LogP) is 2.91. The smallest absolute Gasteiger partial charge is 0.222 e. The molecule has 3 fully saturated rings. The molecule has 4 heterocycles. The Morgan fingerprint density at radius 3 is 2.96 bits per heavy atom. The number of rotatable bonds is 5. The van der Waals surface area contributed by atoms with Gasteiger partial charge < -0.3 is 4.90 Å². The molecule has 1 amide bonds. The van der Waals surface area contributed by atoms with Crippen molar-refractivity contribution in [2.75, 3.05) is 19.6 Å². The van der Waals surface area contributed by atoms with Crippen molar-refractivity contribution in [3.05, 3.63) is 24.3 Å². The highest BCUT2D eigenvalue weighted by molar-refractivity contribution is 5.76. The van der Waals surface area contributed by atoms with Gasteiger partial charge in [0.25, 0.3) is 0 Å². The summed E-state index contributed by atoms with van der Waals surface area (Å²) in [4.78, 5) is 26.2. The maximum Gasteiger partial charge on any atom is 0.222 e. The van der Waals surface area contributed by atoms with Crippen molar-refractivity contribution < 1.29 is 4.79 Å². The molecule has 0 aliphatic carbocycles. The summed E-state index contributed by atoms with van der Waals surface area (Å²) in [7, 11) is 0. The highest BCUT2D eigenvalue weighted by atomic mass is 16.2. The minimum atomic E-state index is 0.305. The van der Waals surface area contributed by atoms with Crippen LogP contribution in [-0.2, 0) is 11.2 Å². The second-order valence-electron chi connectivity index (χ2n) is 8.49. The highest BCUT2D eigenvalue weighted by Gasteiger charge is 2.44. The fourth-order valence-electron chi connectivity index (χ4n) is 5.61. The van der Waals surface area contributed by atoms with Gasteiger partial charge in [0, 0.05) is 56.7 Å². The second-order valence-corrected chi connectivity index (χ2v) is 8.49. The van der Waals surface area contributed by atoms with Gasteiger partial charge in [0.2, 0.25) is 5.91 Å². The van der Waals surface area contributed by atoms with E-state index in [1.54, 1.807) is 18.6 Å². The number of hydrogen-bond donors (Lipinski definition) is 0. The van der Waals surface area contributed by atoms with Gasteiger partial charge in [-0.3, -0.25) is 19.7 Å².